The number of unbranched alkanes of at least 4 members (excludes halogenated alkanes) is 1. The quantitative estimate of drug-likeness (QED) is 0.762. The van der Waals surface area contributed by atoms with Crippen molar-refractivity contribution in [3.8, 4) is 6.07 Å². The summed E-state index contributed by atoms with van der Waals surface area (Å²) in [5, 5.41) is 8.62. The Morgan fingerprint density at radius 1 is 1.44 bits per heavy atom. The molecule has 2 nitrogen and oxygen atoms in total. The first-order valence-electron chi connectivity index (χ1n) is 5.54. The molecule has 0 fully saturated rings. The molecule has 0 unspecified atom stereocenters. The summed E-state index contributed by atoms with van der Waals surface area (Å²) in [6, 6.07) is 6.57. The number of hydrogen-bond donors (Lipinski definition) is 0. The lowest BCUT2D eigenvalue weighted by atomic mass is 10.1. The van der Waals surface area contributed by atoms with Crippen LogP contribution in [0.2, 0.25) is 0 Å². The molecule has 0 amide bonds. The van der Waals surface area contributed by atoms with Crippen molar-refractivity contribution in [2.45, 2.75) is 26.3 Å². The third-order valence-corrected chi connectivity index (χ3v) is 2.52. The molecule has 0 N–H and O–H groups in total. The van der Waals surface area contributed by atoms with Crippen LogP contribution in [0.1, 0.15) is 30.9 Å². The third-order valence-electron chi connectivity index (χ3n) is 2.52. The number of nitriles is 1. The highest BCUT2D eigenvalue weighted by atomic mass is 19.1. The van der Waals surface area contributed by atoms with Crippen molar-refractivity contribution in [3.05, 3.63) is 35.1 Å². The average molecular weight is 220 g/mol. The van der Waals surface area contributed by atoms with Crippen LogP contribution in [0, 0.1) is 17.1 Å². The van der Waals surface area contributed by atoms with Crippen molar-refractivity contribution in [1.29, 1.82) is 5.26 Å². The van der Waals surface area contributed by atoms with Gasteiger partial charge < -0.3 is 4.90 Å². The van der Waals surface area contributed by atoms with E-state index in [-0.39, 0.29) is 5.82 Å². The monoisotopic (exact) mass is 220 g/mol. The molecule has 0 atom stereocenters. The Bertz CT molecular complexity index is 382. The zero-order valence-electron chi connectivity index (χ0n) is 9.83. The fourth-order valence-electron chi connectivity index (χ4n) is 1.54. The lowest BCUT2D eigenvalue weighted by molar-refractivity contribution is 0.315. The molecular formula is C13H17FN2. The maximum Gasteiger partial charge on any atom is 0.129 e. The molecule has 86 valence electrons. The molecule has 0 heterocycles. The molecule has 0 radical (unpaired) electrons. The Morgan fingerprint density at radius 3 is 2.75 bits per heavy atom. The molecule has 0 aliphatic rings. The fraction of sp³-hybridized carbons (Fsp3) is 0.462. The number of benzene rings is 1. The SMILES string of the molecule is CCCCN(C)Cc1ccc(C#N)cc1F. The van der Waals surface area contributed by atoms with Gasteiger partial charge >= 0.3 is 0 Å². The van der Waals surface area contributed by atoms with Gasteiger partial charge in [0.25, 0.3) is 0 Å². The summed E-state index contributed by atoms with van der Waals surface area (Å²) in [6.07, 6.45) is 2.26. The summed E-state index contributed by atoms with van der Waals surface area (Å²) < 4.78 is 13.5. The normalized spacial score (nSPS) is 10.4. The topological polar surface area (TPSA) is 27.0 Å². The van der Waals surface area contributed by atoms with E-state index in [2.05, 4.69) is 11.8 Å². The number of nitrogens with zero attached hydrogens (tertiary/aromatic N) is 2. The molecule has 3 heteroatoms. The van der Waals surface area contributed by atoms with Crippen molar-refractivity contribution < 1.29 is 4.39 Å². The molecule has 16 heavy (non-hydrogen) atoms. The largest absolute Gasteiger partial charge is 0.302 e. The highest BCUT2D eigenvalue weighted by Crippen LogP contribution is 2.12. The average Bonchev–Trinajstić information content (AvgIpc) is 2.29. The summed E-state index contributed by atoms with van der Waals surface area (Å²) >= 11 is 0. The van der Waals surface area contributed by atoms with Crippen LogP contribution in [-0.2, 0) is 6.54 Å². The Hall–Kier alpha value is -1.40. The van der Waals surface area contributed by atoms with E-state index in [0.29, 0.717) is 17.7 Å². The minimum absolute atomic E-state index is 0.289. The lowest BCUT2D eigenvalue weighted by Crippen LogP contribution is -2.19. The van der Waals surface area contributed by atoms with E-state index in [0.717, 1.165) is 19.4 Å². The van der Waals surface area contributed by atoms with Crippen LogP contribution in [0.25, 0.3) is 0 Å². The van der Waals surface area contributed by atoms with Gasteiger partial charge in [-0.25, -0.2) is 4.39 Å². The second kappa shape index (κ2) is 6.24. The van der Waals surface area contributed by atoms with Crippen molar-refractivity contribution in [2.24, 2.45) is 0 Å². The van der Waals surface area contributed by atoms with E-state index >= 15 is 0 Å². The smallest absolute Gasteiger partial charge is 0.129 e. The highest BCUT2D eigenvalue weighted by Gasteiger charge is 2.06. The van der Waals surface area contributed by atoms with Gasteiger partial charge in [0.15, 0.2) is 0 Å². The number of hydrogen-bond acceptors (Lipinski definition) is 2. The standard InChI is InChI=1S/C13H17FN2/c1-3-4-7-16(2)10-12-6-5-11(9-15)8-13(12)14/h5-6,8H,3-4,7,10H2,1-2H3. The number of halogens is 1. The predicted molar refractivity (Wildman–Crippen MR) is 62.4 cm³/mol. The van der Waals surface area contributed by atoms with E-state index in [1.807, 2.05) is 13.1 Å². The molecule has 0 spiro atoms. The summed E-state index contributed by atoms with van der Waals surface area (Å²) in [6.45, 7) is 3.70. The highest BCUT2D eigenvalue weighted by molar-refractivity contribution is 5.32. The molecular weight excluding hydrogens is 203 g/mol. The first kappa shape index (κ1) is 12.7. The van der Waals surface area contributed by atoms with Crippen LogP contribution in [0.15, 0.2) is 18.2 Å². The molecule has 0 aliphatic heterocycles. The van der Waals surface area contributed by atoms with Crippen LogP contribution in [0.4, 0.5) is 4.39 Å². The summed E-state index contributed by atoms with van der Waals surface area (Å²) in [5.74, 6) is -0.289. The summed E-state index contributed by atoms with van der Waals surface area (Å²) in [5.41, 5.74) is 1.02. The zero-order chi connectivity index (χ0) is 12.0. The summed E-state index contributed by atoms with van der Waals surface area (Å²) in [7, 11) is 1.98. The summed E-state index contributed by atoms with van der Waals surface area (Å²) in [4.78, 5) is 2.09. The van der Waals surface area contributed by atoms with E-state index in [1.54, 1.807) is 12.1 Å². The maximum absolute atomic E-state index is 13.5. The van der Waals surface area contributed by atoms with Gasteiger partial charge in [-0.1, -0.05) is 19.4 Å². The molecule has 0 saturated carbocycles. The fourth-order valence-corrected chi connectivity index (χ4v) is 1.54. The van der Waals surface area contributed by atoms with Gasteiger partial charge in [-0.2, -0.15) is 5.26 Å². The van der Waals surface area contributed by atoms with Gasteiger partial charge in [0.2, 0.25) is 0 Å². The van der Waals surface area contributed by atoms with Crippen LogP contribution in [0.5, 0.6) is 0 Å². The van der Waals surface area contributed by atoms with Gasteiger partial charge in [-0.3, -0.25) is 0 Å². The molecule has 0 saturated heterocycles. The van der Waals surface area contributed by atoms with E-state index in [1.165, 1.54) is 6.07 Å². The van der Waals surface area contributed by atoms with Gasteiger partial charge in [-0.15, -0.1) is 0 Å². The van der Waals surface area contributed by atoms with Crippen molar-refractivity contribution in [1.82, 2.24) is 4.90 Å². The second-order valence-corrected chi connectivity index (χ2v) is 4.01. The van der Waals surface area contributed by atoms with Gasteiger partial charge in [0, 0.05) is 12.1 Å². The van der Waals surface area contributed by atoms with Crippen LogP contribution >= 0.6 is 0 Å². The second-order valence-electron chi connectivity index (χ2n) is 4.01. The minimum Gasteiger partial charge on any atom is -0.302 e. The zero-order valence-corrected chi connectivity index (χ0v) is 9.83. The maximum atomic E-state index is 13.5. The molecule has 1 aromatic carbocycles. The Balaban J connectivity index is 2.64. The first-order valence-corrected chi connectivity index (χ1v) is 5.54. The Labute approximate surface area is 96.3 Å². The van der Waals surface area contributed by atoms with E-state index in [9.17, 15) is 4.39 Å². The molecule has 0 aromatic heterocycles. The van der Waals surface area contributed by atoms with E-state index in [4.69, 9.17) is 5.26 Å². The molecule has 0 aliphatic carbocycles. The van der Waals surface area contributed by atoms with Crippen LogP contribution in [0.3, 0.4) is 0 Å². The van der Waals surface area contributed by atoms with E-state index < -0.39 is 0 Å². The first-order chi connectivity index (χ1) is 7.67. The van der Waals surface area contributed by atoms with Crippen molar-refractivity contribution in [2.75, 3.05) is 13.6 Å². The predicted octanol–water partition coefficient (Wildman–Crippen LogP) is 2.93. The lowest BCUT2D eigenvalue weighted by Gasteiger charge is -2.16. The number of rotatable bonds is 5. The van der Waals surface area contributed by atoms with Crippen LogP contribution < -0.4 is 0 Å². The Kier molecular flexibility index (Phi) is 4.94. The third kappa shape index (κ3) is 3.63. The van der Waals surface area contributed by atoms with Gasteiger partial charge in [-0.05, 0) is 32.1 Å². The Morgan fingerprint density at radius 2 is 2.19 bits per heavy atom. The van der Waals surface area contributed by atoms with Gasteiger partial charge in [0.05, 0.1) is 11.6 Å². The van der Waals surface area contributed by atoms with Gasteiger partial charge in [0.1, 0.15) is 5.82 Å². The molecule has 1 aromatic rings. The minimum atomic E-state index is -0.289. The molecule has 1 rings (SSSR count). The van der Waals surface area contributed by atoms with Crippen molar-refractivity contribution in [3.63, 3.8) is 0 Å². The molecule has 0 bridgehead atoms. The van der Waals surface area contributed by atoms with Crippen molar-refractivity contribution >= 4 is 0 Å². The van der Waals surface area contributed by atoms with Crippen LogP contribution in [-0.4, -0.2) is 18.5 Å².